The van der Waals surface area contributed by atoms with Crippen LogP contribution >= 0.6 is 10.7 Å². The lowest BCUT2D eigenvalue weighted by molar-refractivity contribution is 0.206. The number of carboxylic acid groups (broad SMARTS) is 1. The minimum atomic E-state index is -2.08. The van der Waals surface area contributed by atoms with E-state index in [1.165, 1.54) is 12.1 Å². The molecule has 0 heterocycles. The molecule has 0 aliphatic rings. The van der Waals surface area contributed by atoms with Crippen molar-refractivity contribution in [3.63, 3.8) is 0 Å². The predicted molar refractivity (Wildman–Crippen MR) is 50.9 cm³/mol. The van der Waals surface area contributed by atoms with Gasteiger partial charge in [-0.1, -0.05) is 22.5 Å². The Labute approximate surface area is 82.5 Å². The lowest BCUT2D eigenvalue weighted by Crippen LogP contribution is -2.32. The first-order chi connectivity index (χ1) is 6.13. The highest BCUT2D eigenvalue weighted by Crippen LogP contribution is 2.19. The zero-order chi connectivity index (χ0) is 9.84. The van der Waals surface area contributed by atoms with Crippen molar-refractivity contribution in [1.29, 1.82) is 0 Å². The summed E-state index contributed by atoms with van der Waals surface area (Å²) in [5, 5.41) is 8.65. The number of hydrogen-bond donors (Lipinski definition) is 1. The molecule has 1 aromatic rings. The monoisotopic (exact) mass is 219 g/mol. The van der Waals surface area contributed by atoms with E-state index < -0.39 is 16.7 Å². The van der Waals surface area contributed by atoms with Gasteiger partial charge in [0.15, 0.2) is 0 Å². The van der Waals surface area contributed by atoms with Crippen molar-refractivity contribution in [1.82, 2.24) is 0 Å². The van der Waals surface area contributed by atoms with Gasteiger partial charge in [0, 0.05) is 0 Å². The fourth-order valence-corrected chi connectivity index (χ4v) is 1.64. The summed E-state index contributed by atoms with van der Waals surface area (Å²) in [6.45, 7) is 0. The van der Waals surface area contributed by atoms with Crippen molar-refractivity contribution in [2.45, 2.75) is 0 Å². The molecule has 6 heteroatoms. The highest BCUT2D eigenvalue weighted by atomic mass is 35.7. The maximum Gasteiger partial charge on any atom is 0.455 e. The predicted octanol–water partition coefficient (Wildman–Crippen LogP) is 1.99. The van der Waals surface area contributed by atoms with Crippen molar-refractivity contribution in [2.24, 2.45) is 0 Å². The van der Waals surface area contributed by atoms with Gasteiger partial charge < -0.3 is 9.66 Å². The van der Waals surface area contributed by atoms with Crippen LogP contribution in [0, 0.1) is 0 Å². The van der Waals surface area contributed by atoms with Crippen molar-refractivity contribution in [2.75, 3.05) is 4.31 Å². The Bertz CT molecular complexity index is 293. The number of amides is 1. The molecule has 0 fully saturated rings. The van der Waals surface area contributed by atoms with Gasteiger partial charge in [0.2, 0.25) is 21.3 Å². The van der Waals surface area contributed by atoms with E-state index in [1.807, 2.05) is 0 Å². The van der Waals surface area contributed by atoms with Gasteiger partial charge in [0.1, 0.15) is 0 Å². The molecule has 13 heavy (non-hydrogen) atoms. The van der Waals surface area contributed by atoms with Gasteiger partial charge in [-0.2, -0.15) is 0 Å². The number of para-hydroxylation sites is 1. The molecule has 0 radical (unpaired) electrons. The van der Waals surface area contributed by atoms with E-state index >= 15 is 0 Å². The Kier molecular flexibility index (Phi) is 3.41. The van der Waals surface area contributed by atoms with Gasteiger partial charge in [-0.15, -0.1) is 0 Å². The van der Waals surface area contributed by atoms with Crippen LogP contribution in [0.2, 0.25) is 0 Å². The van der Waals surface area contributed by atoms with Crippen molar-refractivity contribution in [3.8, 4) is 0 Å². The minimum Gasteiger partial charge on any atom is -0.574 e. The molecular weight excluding hydrogens is 214 g/mol. The SMILES string of the molecule is O=C(O)N(c1ccccc1)[S+]([O-])Cl. The highest BCUT2D eigenvalue weighted by Gasteiger charge is 2.26. The van der Waals surface area contributed by atoms with Crippen LogP contribution in [-0.2, 0) is 10.6 Å². The fourth-order valence-electron chi connectivity index (χ4n) is 0.818. The zero-order valence-electron chi connectivity index (χ0n) is 6.38. The zero-order valence-corrected chi connectivity index (χ0v) is 7.96. The van der Waals surface area contributed by atoms with Crippen molar-refractivity contribution in [3.05, 3.63) is 30.3 Å². The largest absolute Gasteiger partial charge is 0.574 e. The quantitative estimate of drug-likeness (QED) is 0.774. The molecule has 1 N–H and O–H groups in total. The molecule has 0 aliphatic heterocycles. The van der Waals surface area contributed by atoms with Gasteiger partial charge in [0.05, 0.1) is 5.69 Å². The summed E-state index contributed by atoms with van der Waals surface area (Å²) in [6, 6.07) is 8.01. The van der Waals surface area contributed by atoms with E-state index in [0.717, 1.165) is 0 Å². The average molecular weight is 220 g/mol. The Morgan fingerprint density at radius 1 is 1.46 bits per heavy atom. The summed E-state index contributed by atoms with van der Waals surface area (Å²) >= 11 is 0. The molecule has 1 aromatic carbocycles. The molecule has 0 aliphatic carbocycles. The maximum atomic E-state index is 10.8. The first kappa shape index (κ1) is 10.2. The summed E-state index contributed by atoms with van der Waals surface area (Å²) in [5.74, 6) is 0. The third-order valence-corrected chi connectivity index (χ3v) is 2.38. The van der Waals surface area contributed by atoms with Crippen LogP contribution in [0.1, 0.15) is 0 Å². The second-order valence-electron chi connectivity index (χ2n) is 2.12. The van der Waals surface area contributed by atoms with E-state index in [0.29, 0.717) is 4.31 Å². The van der Waals surface area contributed by atoms with E-state index in [4.69, 9.17) is 15.8 Å². The van der Waals surface area contributed by atoms with Crippen molar-refractivity contribution < 1.29 is 14.5 Å². The first-order valence-electron chi connectivity index (χ1n) is 3.29. The Hall–Kier alpha value is -0.910. The Morgan fingerprint density at radius 2 is 2.00 bits per heavy atom. The Morgan fingerprint density at radius 3 is 2.38 bits per heavy atom. The van der Waals surface area contributed by atoms with Crippen LogP contribution in [-0.4, -0.2) is 15.8 Å². The standard InChI is InChI=1S/C7H6ClNO3S/c8-13(12)9(7(10)11)6-4-2-1-3-5-6/h1-5H,(H,10,11). The molecule has 1 amide bonds. The van der Waals surface area contributed by atoms with E-state index in [-0.39, 0.29) is 5.69 Å². The molecule has 1 unspecified atom stereocenters. The molecular formula is C7H6ClNO3S. The Balaban J connectivity index is 2.96. The number of hydrogen-bond acceptors (Lipinski definition) is 2. The molecule has 4 nitrogen and oxygen atoms in total. The summed E-state index contributed by atoms with van der Waals surface area (Å²) in [6.07, 6.45) is -1.35. The number of nitrogens with zero attached hydrogens (tertiary/aromatic N) is 1. The van der Waals surface area contributed by atoms with Gasteiger partial charge >= 0.3 is 6.09 Å². The molecule has 0 bridgehead atoms. The summed E-state index contributed by atoms with van der Waals surface area (Å²) in [7, 11) is 3.11. The average Bonchev–Trinajstić information content (AvgIpc) is 2.04. The van der Waals surface area contributed by atoms with Gasteiger partial charge in [0.25, 0.3) is 0 Å². The number of anilines is 1. The number of halogens is 1. The summed E-state index contributed by atoms with van der Waals surface area (Å²) in [4.78, 5) is 10.6. The van der Waals surface area contributed by atoms with Crippen LogP contribution in [0.5, 0.6) is 0 Å². The molecule has 70 valence electrons. The number of rotatable bonds is 2. The van der Waals surface area contributed by atoms with E-state index in [1.54, 1.807) is 18.2 Å². The fraction of sp³-hybridized carbons (Fsp3) is 0. The third-order valence-electron chi connectivity index (χ3n) is 1.31. The van der Waals surface area contributed by atoms with Crippen LogP contribution in [0.3, 0.4) is 0 Å². The van der Waals surface area contributed by atoms with Crippen LogP contribution in [0.4, 0.5) is 10.5 Å². The minimum absolute atomic E-state index is 0.281. The molecule has 1 atom stereocenters. The highest BCUT2D eigenvalue weighted by molar-refractivity contribution is 8.15. The smallest absolute Gasteiger partial charge is 0.455 e. The molecule has 0 saturated carbocycles. The second-order valence-corrected chi connectivity index (χ2v) is 3.69. The number of benzene rings is 1. The second kappa shape index (κ2) is 4.36. The lowest BCUT2D eigenvalue weighted by Gasteiger charge is -2.14. The van der Waals surface area contributed by atoms with Gasteiger partial charge in [-0.05, 0) is 12.1 Å². The summed E-state index contributed by atoms with van der Waals surface area (Å²) < 4.78 is 11.4. The molecule has 0 spiro atoms. The number of carbonyl (C=O) groups is 1. The van der Waals surface area contributed by atoms with Gasteiger partial charge in [-0.3, -0.25) is 0 Å². The summed E-state index contributed by atoms with van der Waals surface area (Å²) in [5.41, 5.74) is 0.281. The third kappa shape index (κ3) is 2.51. The molecule has 0 aromatic heterocycles. The van der Waals surface area contributed by atoms with Crippen LogP contribution in [0.15, 0.2) is 30.3 Å². The van der Waals surface area contributed by atoms with Gasteiger partial charge in [-0.25, -0.2) is 4.79 Å². The van der Waals surface area contributed by atoms with Crippen molar-refractivity contribution >= 4 is 33.0 Å². The maximum absolute atomic E-state index is 10.8. The normalized spacial score (nSPS) is 12.2. The first-order valence-corrected chi connectivity index (χ1v) is 5.22. The molecule has 0 saturated heterocycles. The van der Waals surface area contributed by atoms with Crippen LogP contribution in [0.25, 0.3) is 0 Å². The molecule has 1 rings (SSSR count). The lowest BCUT2D eigenvalue weighted by atomic mass is 10.3. The van der Waals surface area contributed by atoms with E-state index in [2.05, 4.69) is 0 Å². The topological polar surface area (TPSA) is 63.6 Å². The van der Waals surface area contributed by atoms with Crippen LogP contribution < -0.4 is 4.31 Å². The van der Waals surface area contributed by atoms with E-state index in [9.17, 15) is 9.35 Å².